The molecule has 0 fully saturated rings. The highest BCUT2D eigenvalue weighted by Crippen LogP contribution is 2.02. The van der Waals surface area contributed by atoms with Crippen LogP contribution in [0.2, 0.25) is 0 Å². The molecule has 0 amide bonds. The van der Waals surface area contributed by atoms with Gasteiger partial charge in [0.25, 0.3) is 0 Å². The van der Waals surface area contributed by atoms with Crippen molar-refractivity contribution in [3.05, 3.63) is 42.1 Å². The van der Waals surface area contributed by atoms with Crippen molar-refractivity contribution in [3.63, 3.8) is 0 Å². The summed E-state index contributed by atoms with van der Waals surface area (Å²) in [5.74, 6) is 1.01. The normalized spacial score (nSPS) is 10.5. The minimum absolute atomic E-state index is 0.876. The maximum absolute atomic E-state index is 5.22. The average Bonchev–Trinajstić information content (AvgIpc) is 2.71. The number of nitrogens with zero attached hydrogens (tertiary/aromatic N) is 2. The van der Waals surface area contributed by atoms with Gasteiger partial charge in [-0.1, -0.05) is 0 Å². The van der Waals surface area contributed by atoms with Crippen molar-refractivity contribution in [1.29, 1.82) is 0 Å². The minimum Gasteiger partial charge on any atom is -0.469 e. The molecule has 0 radical (unpaired) electrons. The van der Waals surface area contributed by atoms with Gasteiger partial charge in [0.15, 0.2) is 0 Å². The summed E-state index contributed by atoms with van der Waals surface area (Å²) in [6.45, 7) is 2.87. The molecule has 0 spiro atoms. The van der Waals surface area contributed by atoms with Gasteiger partial charge in [-0.25, -0.2) is 0 Å². The fourth-order valence-electron chi connectivity index (χ4n) is 1.27. The predicted molar refractivity (Wildman–Crippen MR) is 49.4 cm³/mol. The van der Waals surface area contributed by atoms with E-state index in [1.54, 1.807) is 6.26 Å². The molecule has 68 valence electrons. The van der Waals surface area contributed by atoms with E-state index in [2.05, 4.69) is 5.10 Å². The van der Waals surface area contributed by atoms with Crippen molar-refractivity contribution in [2.45, 2.75) is 19.9 Å². The van der Waals surface area contributed by atoms with E-state index in [4.69, 9.17) is 4.42 Å². The van der Waals surface area contributed by atoms with Crippen molar-refractivity contribution in [1.82, 2.24) is 9.78 Å². The van der Waals surface area contributed by atoms with Gasteiger partial charge in [0.2, 0.25) is 0 Å². The number of hydrogen-bond donors (Lipinski definition) is 0. The van der Waals surface area contributed by atoms with Crippen LogP contribution >= 0.6 is 0 Å². The van der Waals surface area contributed by atoms with Gasteiger partial charge in [-0.2, -0.15) is 5.10 Å². The fourth-order valence-corrected chi connectivity index (χ4v) is 1.27. The van der Waals surface area contributed by atoms with E-state index in [1.165, 1.54) is 0 Å². The van der Waals surface area contributed by atoms with Gasteiger partial charge in [-0.15, -0.1) is 0 Å². The van der Waals surface area contributed by atoms with Crippen LogP contribution in [-0.4, -0.2) is 9.78 Å². The molecule has 0 saturated heterocycles. The third-order valence-corrected chi connectivity index (χ3v) is 1.94. The Morgan fingerprint density at radius 1 is 1.46 bits per heavy atom. The molecule has 2 rings (SSSR count). The zero-order valence-corrected chi connectivity index (χ0v) is 7.60. The molecule has 13 heavy (non-hydrogen) atoms. The first kappa shape index (κ1) is 8.10. The second-order valence-corrected chi connectivity index (χ2v) is 3.05. The minimum atomic E-state index is 0.876. The topological polar surface area (TPSA) is 31.0 Å². The molecule has 0 bridgehead atoms. The zero-order valence-electron chi connectivity index (χ0n) is 7.60. The largest absolute Gasteiger partial charge is 0.469 e. The summed E-state index contributed by atoms with van der Waals surface area (Å²) in [6, 6.07) is 5.89. The molecule has 0 saturated carbocycles. The lowest BCUT2D eigenvalue weighted by atomic mass is 10.3. The molecule has 0 aliphatic rings. The summed E-state index contributed by atoms with van der Waals surface area (Å²) >= 11 is 0. The summed E-state index contributed by atoms with van der Waals surface area (Å²) in [5, 5.41) is 4.29. The average molecular weight is 176 g/mol. The number of aryl methyl sites for hydroxylation is 3. The first-order chi connectivity index (χ1) is 6.34. The SMILES string of the molecule is Cc1ccn(CCc2ccco2)n1. The van der Waals surface area contributed by atoms with Gasteiger partial charge < -0.3 is 4.42 Å². The van der Waals surface area contributed by atoms with Crippen molar-refractivity contribution in [3.8, 4) is 0 Å². The van der Waals surface area contributed by atoms with E-state index in [1.807, 2.05) is 36.0 Å². The highest BCUT2D eigenvalue weighted by atomic mass is 16.3. The van der Waals surface area contributed by atoms with E-state index in [9.17, 15) is 0 Å². The van der Waals surface area contributed by atoms with Crippen LogP contribution in [0.4, 0.5) is 0 Å². The van der Waals surface area contributed by atoms with Crippen molar-refractivity contribution in [2.24, 2.45) is 0 Å². The maximum Gasteiger partial charge on any atom is 0.105 e. The molecule has 2 aromatic rings. The van der Waals surface area contributed by atoms with Gasteiger partial charge >= 0.3 is 0 Å². The fraction of sp³-hybridized carbons (Fsp3) is 0.300. The zero-order chi connectivity index (χ0) is 9.10. The highest BCUT2D eigenvalue weighted by Gasteiger charge is 1.97. The van der Waals surface area contributed by atoms with Gasteiger partial charge in [-0.05, 0) is 25.1 Å². The summed E-state index contributed by atoms with van der Waals surface area (Å²) < 4.78 is 7.15. The van der Waals surface area contributed by atoms with Gasteiger partial charge in [0.1, 0.15) is 5.76 Å². The molecule has 3 nitrogen and oxygen atoms in total. The number of hydrogen-bond acceptors (Lipinski definition) is 2. The van der Waals surface area contributed by atoms with Crippen LogP contribution in [0.1, 0.15) is 11.5 Å². The van der Waals surface area contributed by atoms with Crippen LogP contribution < -0.4 is 0 Å². The molecule has 0 aromatic carbocycles. The molecule has 0 aliphatic heterocycles. The van der Waals surface area contributed by atoms with E-state index in [0.717, 1.165) is 24.4 Å². The number of rotatable bonds is 3. The molecule has 0 N–H and O–H groups in total. The van der Waals surface area contributed by atoms with Crippen LogP contribution in [0.5, 0.6) is 0 Å². The number of furan rings is 1. The second kappa shape index (κ2) is 3.47. The van der Waals surface area contributed by atoms with Crippen LogP contribution in [0, 0.1) is 6.92 Å². The first-order valence-corrected chi connectivity index (χ1v) is 4.37. The first-order valence-electron chi connectivity index (χ1n) is 4.37. The van der Waals surface area contributed by atoms with E-state index >= 15 is 0 Å². The van der Waals surface area contributed by atoms with Crippen LogP contribution in [0.25, 0.3) is 0 Å². The van der Waals surface area contributed by atoms with Gasteiger partial charge in [0, 0.05) is 19.2 Å². The quantitative estimate of drug-likeness (QED) is 0.716. The van der Waals surface area contributed by atoms with Gasteiger partial charge in [-0.3, -0.25) is 4.68 Å². The molecule has 0 unspecified atom stereocenters. The Bertz CT molecular complexity index is 362. The Morgan fingerprint density at radius 2 is 2.38 bits per heavy atom. The monoisotopic (exact) mass is 176 g/mol. The second-order valence-electron chi connectivity index (χ2n) is 3.05. The lowest BCUT2D eigenvalue weighted by Crippen LogP contribution is -2.01. The molecular weight excluding hydrogens is 164 g/mol. The Hall–Kier alpha value is -1.51. The Kier molecular flexibility index (Phi) is 2.17. The van der Waals surface area contributed by atoms with Crippen LogP contribution in [-0.2, 0) is 13.0 Å². The summed E-state index contributed by atoms with van der Waals surface area (Å²) in [7, 11) is 0. The molecule has 2 aromatic heterocycles. The molecule has 0 atom stereocenters. The standard InChI is InChI=1S/C10H12N2O/c1-9-4-6-12(11-9)7-5-10-3-2-8-13-10/h2-4,6,8H,5,7H2,1H3. The summed E-state index contributed by atoms with van der Waals surface area (Å²) in [6.07, 6.45) is 4.58. The Balaban J connectivity index is 1.93. The van der Waals surface area contributed by atoms with E-state index < -0.39 is 0 Å². The lowest BCUT2D eigenvalue weighted by Gasteiger charge is -1.97. The molecule has 2 heterocycles. The smallest absolute Gasteiger partial charge is 0.105 e. The van der Waals surface area contributed by atoms with E-state index in [-0.39, 0.29) is 0 Å². The van der Waals surface area contributed by atoms with Crippen LogP contribution in [0.15, 0.2) is 35.1 Å². The van der Waals surface area contributed by atoms with E-state index in [0.29, 0.717) is 0 Å². The third-order valence-electron chi connectivity index (χ3n) is 1.94. The summed E-state index contributed by atoms with van der Waals surface area (Å²) in [5.41, 5.74) is 1.06. The molecular formula is C10H12N2O. The third kappa shape index (κ3) is 1.99. The molecule has 0 aliphatic carbocycles. The lowest BCUT2D eigenvalue weighted by molar-refractivity contribution is 0.480. The summed E-state index contributed by atoms with van der Waals surface area (Å²) in [4.78, 5) is 0. The molecule has 3 heteroatoms. The Morgan fingerprint density at radius 3 is 3.00 bits per heavy atom. The highest BCUT2D eigenvalue weighted by molar-refractivity contribution is 4.99. The number of aromatic nitrogens is 2. The van der Waals surface area contributed by atoms with Crippen molar-refractivity contribution < 1.29 is 4.42 Å². The van der Waals surface area contributed by atoms with Crippen molar-refractivity contribution >= 4 is 0 Å². The Labute approximate surface area is 77.0 Å². The maximum atomic E-state index is 5.22. The van der Waals surface area contributed by atoms with Crippen molar-refractivity contribution in [2.75, 3.05) is 0 Å². The van der Waals surface area contributed by atoms with Crippen LogP contribution in [0.3, 0.4) is 0 Å². The van der Waals surface area contributed by atoms with Gasteiger partial charge in [0.05, 0.1) is 12.0 Å². The predicted octanol–water partition coefficient (Wildman–Crippen LogP) is 2.03.